The first-order chi connectivity index (χ1) is 10.1. The van der Waals surface area contributed by atoms with Gasteiger partial charge >= 0.3 is 6.03 Å². The van der Waals surface area contributed by atoms with E-state index in [0.717, 1.165) is 25.7 Å². The van der Waals surface area contributed by atoms with Crippen molar-refractivity contribution in [1.82, 2.24) is 10.6 Å². The van der Waals surface area contributed by atoms with Gasteiger partial charge in [0, 0.05) is 10.9 Å². The van der Waals surface area contributed by atoms with Gasteiger partial charge in [-0.1, -0.05) is 48.0 Å². The normalized spacial score (nSPS) is 43.1. The number of aliphatic hydroxyl groups excluding tert-OH is 1. The van der Waals surface area contributed by atoms with Crippen LogP contribution < -0.4 is 10.6 Å². The first kappa shape index (κ1) is 15.6. The van der Waals surface area contributed by atoms with Crippen LogP contribution in [0.3, 0.4) is 0 Å². The summed E-state index contributed by atoms with van der Waals surface area (Å²) in [6, 6.07) is 0.0775. The summed E-state index contributed by atoms with van der Waals surface area (Å²) in [6.45, 7) is 0. The topological polar surface area (TPSA) is 61.4 Å². The second-order valence-electron chi connectivity index (χ2n) is 7.06. The van der Waals surface area contributed by atoms with Crippen molar-refractivity contribution in [3.8, 4) is 0 Å². The fourth-order valence-electron chi connectivity index (χ4n) is 4.56. The number of aliphatic hydroxyl groups is 1. The van der Waals surface area contributed by atoms with E-state index in [1.807, 2.05) is 0 Å². The number of halogens is 1. The lowest BCUT2D eigenvalue weighted by molar-refractivity contribution is 0.136. The number of urea groups is 1. The largest absolute Gasteiger partial charge is 0.391 e. The molecule has 3 aliphatic rings. The highest BCUT2D eigenvalue weighted by atomic mass is 79.9. The zero-order valence-corrected chi connectivity index (χ0v) is 14.1. The Morgan fingerprint density at radius 3 is 2.52 bits per heavy atom. The van der Waals surface area contributed by atoms with E-state index in [-0.39, 0.29) is 24.2 Å². The second-order valence-corrected chi connectivity index (χ2v) is 8.24. The average molecular weight is 359 g/mol. The number of carbonyl (C=O) groups is 1. The smallest absolute Gasteiger partial charge is 0.315 e. The number of nitrogens with one attached hydrogen (secondary N) is 2. The molecule has 0 aliphatic heterocycles. The van der Waals surface area contributed by atoms with E-state index in [0.29, 0.717) is 16.7 Å². The minimum atomic E-state index is -0.366. The minimum absolute atomic E-state index is 0.0485. The molecule has 4 nitrogen and oxygen atoms in total. The molecule has 3 saturated carbocycles. The molecule has 3 aliphatic carbocycles. The molecule has 0 aromatic carbocycles. The predicted molar refractivity (Wildman–Crippen MR) is 86.5 cm³/mol. The summed E-state index contributed by atoms with van der Waals surface area (Å²) in [6.07, 6.45) is 9.97. The molecular weight excluding hydrogens is 332 g/mol. The van der Waals surface area contributed by atoms with Gasteiger partial charge in [0.2, 0.25) is 0 Å². The molecule has 0 saturated heterocycles. The highest BCUT2D eigenvalue weighted by molar-refractivity contribution is 9.09. The van der Waals surface area contributed by atoms with Crippen molar-refractivity contribution in [3.05, 3.63) is 0 Å². The molecule has 0 bridgehead atoms. The molecule has 21 heavy (non-hydrogen) atoms. The maximum Gasteiger partial charge on any atom is 0.315 e. The van der Waals surface area contributed by atoms with E-state index in [1.165, 1.54) is 32.1 Å². The Labute approximate surface area is 135 Å². The van der Waals surface area contributed by atoms with E-state index in [2.05, 4.69) is 26.6 Å². The predicted octanol–water partition coefficient (Wildman–Crippen LogP) is 2.93. The van der Waals surface area contributed by atoms with Crippen molar-refractivity contribution < 1.29 is 9.90 Å². The highest BCUT2D eigenvalue weighted by Crippen LogP contribution is 2.42. The lowest BCUT2D eigenvalue weighted by Crippen LogP contribution is -2.53. The van der Waals surface area contributed by atoms with Gasteiger partial charge in [-0.05, 0) is 37.5 Å². The fraction of sp³-hybridized carbons (Fsp3) is 0.938. The van der Waals surface area contributed by atoms with Crippen LogP contribution >= 0.6 is 15.9 Å². The Balaban J connectivity index is 1.54. The quantitative estimate of drug-likeness (QED) is 0.664. The Hall–Kier alpha value is -0.290. The SMILES string of the molecule is O=C(NC1CCCCC1Br)N[C@@H]1C2CCCCC2C[C@@H]1O. The Kier molecular flexibility index (Phi) is 5.10. The van der Waals surface area contributed by atoms with Gasteiger partial charge in [-0.3, -0.25) is 0 Å². The molecule has 0 radical (unpaired) electrons. The molecule has 0 spiro atoms. The molecule has 5 heteroatoms. The number of carbonyl (C=O) groups excluding carboxylic acids is 1. The molecule has 0 aromatic heterocycles. The zero-order chi connectivity index (χ0) is 14.8. The number of rotatable bonds is 2. The summed E-state index contributed by atoms with van der Waals surface area (Å²) in [4.78, 5) is 12.7. The third kappa shape index (κ3) is 3.55. The minimum Gasteiger partial charge on any atom is -0.391 e. The fourth-order valence-corrected chi connectivity index (χ4v) is 5.28. The first-order valence-electron chi connectivity index (χ1n) is 8.54. The van der Waals surface area contributed by atoms with Crippen LogP contribution in [-0.2, 0) is 0 Å². The maximum atomic E-state index is 12.3. The molecule has 4 unspecified atom stereocenters. The van der Waals surface area contributed by atoms with Crippen LogP contribution in [0.5, 0.6) is 0 Å². The van der Waals surface area contributed by atoms with Gasteiger partial charge in [0.05, 0.1) is 12.1 Å². The molecule has 3 rings (SSSR count). The molecule has 0 heterocycles. The monoisotopic (exact) mass is 358 g/mol. The molecule has 3 N–H and O–H groups in total. The van der Waals surface area contributed by atoms with Crippen LogP contribution in [0.1, 0.15) is 57.8 Å². The number of hydrogen-bond donors (Lipinski definition) is 3. The van der Waals surface area contributed by atoms with Gasteiger partial charge in [0.25, 0.3) is 0 Å². The number of fused-ring (bicyclic) bond motifs is 1. The summed E-state index contributed by atoms with van der Waals surface area (Å²) in [7, 11) is 0. The van der Waals surface area contributed by atoms with Gasteiger partial charge in [-0.15, -0.1) is 0 Å². The van der Waals surface area contributed by atoms with Crippen LogP contribution in [0.2, 0.25) is 0 Å². The summed E-state index contributed by atoms with van der Waals surface area (Å²) < 4.78 is 0. The number of amides is 2. The van der Waals surface area contributed by atoms with Crippen LogP contribution in [-0.4, -0.2) is 34.2 Å². The van der Waals surface area contributed by atoms with Crippen molar-refractivity contribution in [2.45, 2.75) is 80.8 Å². The molecular formula is C16H27BrN2O2. The van der Waals surface area contributed by atoms with Crippen LogP contribution in [0.25, 0.3) is 0 Å². The molecule has 6 atom stereocenters. The summed E-state index contributed by atoms with van der Waals surface area (Å²) in [5.74, 6) is 1.09. The molecule has 120 valence electrons. The molecule has 2 amide bonds. The summed E-state index contributed by atoms with van der Waals surface area (Å²) in [5.41, 5.74) is 0. The first-order valence-corrected chi connectivity index (χ1v) is 9.46. The molecule has 3 fully saturated rings. The van der Waals surface area contributed by atoms with E-state index in [9.17, 15) is 9.90 Å². The third-order valence-corrected chi connectivity index (χ3v) is 6.78. The third-order valence-electron chi connectivity index (χ3n) is 5.68. The number of alkyl halides is 1. The van der Waals surface area contributed by atoms with Gasteiger partial charge in [-0.2, -0.15) is 0 Å². The van der Waals surface area contributed by atoms with Crippen molar-refractivity contribution >= 4 is 22.0 Å². The van der Waals surface area contributed by atoms with Crippen molar-refractivity contribution in [2.75, 3.05) is 0 Å². The second kappa shape index (κ2) is 6.86. The van der Waals surface area contributed by atoms with Crippen molar-refractivity contribution in [3.63, 3.8) is 0 Å². The highest BCUT2D eigenvalue weighted by Gasteiger charge is 2.44. The van der Waals surface area contributed by atoms with Crippen molar-refractivity contribution in [1.29, 1.82) is 0 Å². The van der Waals surface area contributed by atoms with Crippen molar-refractivity contribution in [2.24, 2.45) is 11.8 Å². The zero-order valence-electron chi connectivity index (χ0n) is 12.6. The van der Waals surface area contributed by atoms with E-state index >= 15 is 0 Å². The van der Waals surface area contributed by atoms with Gasteiger partial charge in [0.1, 0.15) is 0 Å². The lowest BCUT2D eigenvalue weighted by atomic mass is 9.80. The lowest BCUT2D eigenvalue weighted by Gasteiger charge is -2.32. The van der Waals surface area contributed by atoms with Crippen LogP contribution in [0.15, 0.2) is 0 Å². The maximum absolute atomic E-state index is 12.3. The van der Waals surface area contributed by atoms with Gasteiger partial charge in [-0.25, -0.2) is 4.79 Å². The van der Waals surface area contributed by atoms with Gasteiger partial charge < -0.3 is 15.7 Å². The van der Waals surface area contributed by atoms with Crippen LogP contribution in [0, 0.1) is 11.8 Å². The van der Waals surface area contributed by atoms with E-state index < -0.39 is 0 Å². The number of hydrogen-bond acceptors (Lipinski definition) is 2. The molecule has 0 aromatic rings. The van der Waals surface area contributed by atoms with E-state index in [4.69, 9.17) is 0 Å². The average Bonchev–Trinajstić information content (AvgIpc) is 2.78. The Morgan fingerprint density at radius 1 is 1.00 bits per heavy atom. The Morgan fingerprint density at radius 2 is 1.71 bits per heavy atom. The van der Waals surface area contributed by atoms with Gasteiger partial charge in [0.15, 0.2) is 0 Å². The summed E-state index contributed by atoms with van der Waals surface area (Å²) >= 11 is 3.67. The Bertz CT molecular complexity index is 379. The standard InChI is InChI=1S/C16H27BrN2O2/c17-12-7-3-4-8-13(12)18-16(21)19-15-11-6-2-1-5-10(11)9-14(15)20/h10-15,20H,1-9H2,(H2,18,19,21)/t10?,11?,12?,13?,14-,15+/m0/s1. The van der Waals surface area contributed by atoms with Crippen LogP contribution in [0.4, 0.5) is 4.79 Å². The summed E-state index contributed by atoms with van der Waals surface area (Å²) in [5, 5.41) is 16.5. The van der Waals surface area contributed by atoms with E-state index in [1.54, 1.807) is 0 Å².